The Hall–Kier alpha value is -2.54. The summed E-state index contributed by atoms with van der Waals surface area (Å²) in [6, 6.07) is 9.78. The van der Waals surface area contributed by atoms with E-state index in [2.05, 4.69) is 10.2 Å². The Bertz CT molecular complexity index is 880. The van der Waals surface area contributed by atoms with Crippen LogP contribution >= 0.6 is 11.8 Å². The maximum absolute atomic E-state index is 5.37. The van der Waals surface area contributed by atoms with E-state index < -0.39 is 0 Å². The van der Waals surface area contributed by atoms with Gasteiger partial charge in [-0.2, -0.15) is 9.78 Å². The number of rotatable bonds is 3. The van der Waals surface area contributed by atoms with Crippen molar-refractivity contribution in [3.05, 3.63) is 47.9 Å². The minimum Gasteiger partial charge on any atom is -0.497 e. The first-order chi connectivity index (χ1) is 11.3. The third-order valence-electron chi connectivity index (χ3n) is 3.69. The Morgan fingerprint density at radius 2 is 2.00 bits per heavy atom. The molecule has 116 valence electrons. The molecule has 0 radical (unpaired) electrons. The van der Waals surface area contributed by atoms with Crippen molar-refractivity contribution in [2.45, 2.75) is 12.1 Å². The van der Waals surface area contributed by atoms with Crippen molar-refractivity contribution in [2.24, 2.45) is 5.10 Å². The first kappa shape index (κ1) is 14.1. The molecule has 1 aliphatic heterocycles. The summed E-state index contributed by atoms with van der Waals surface area (Å²) in [5, 5.41) is 14.0. The Labute approximate surface area is 137 Å². The molecule has 0 amide bonds. The molecule has 0 N–H and O–H groups in total. The van der Waals surface area contributed by atoms with Crippen LogP contribution < -0.4 is 4.74 Å². The lowest BCUT2D eigenvalue weighted by Gasteiger charge is -2.14. The van der Waals surface area contributed by atoms with Crippen molar-refractivity contribution < 1.29 is 9.15 Å². The number of aromatic nitrogens is 3. The third-order valence-corrected chi connectivity index (χ3v) is 4.62. The summed E-state index contributed by atoms with van der Waals surface area (Å²) in [4.78, 5) is 0. The van der Waals surface area contributed by atoms with E-state index in [4.69, 9.17) is 14.3 Å². The monoisotopic (exact) mass is 326 g/mol. The molecule has 0 atom stereocenters. The molecule has 3 aromatic rings. The zero-order chi connectivity index (χ0) is 15.8. The van der Waals surface area contributed by atoms with E-state index in [9.17, 15) is 0 Å². The van der Waals surface area contributed by atoms with Gasteiger partial charge in [0.05, 0.1) is 24.6 Å². The molecule has 0 saturated heterocycles. The average Bonchev–Trinajstić information content (AvgIpc) is 3.20. The van der Waals surface area contributed by atoms with Gasteiger partial charge in [-0.25, -0.2) is 0 Å². The highest BCUT2D eigenvalue weighted by Crippen LogP contribution is 2.30. The standard InChI is InChI=1S/C16H14N4O2S/c1-10-13(7-8-22-10)15-17-18-16-20(15)19-14(9-23-16)11-3-5-12(21-2)6-4-11/h3-8H,9H2,1-2H3. The van der Waals surface area contributed by atoms with Gasteiger partial charge in [0.15, 0.2) is 5.82 Å². The molecule has 3 heterocycles. The molecule has 0 unspecified atom stereocenters. The fourth-order valence-corrected chi connectivity index (χ4v) is 3.28. The predicted molar refractivity (Wildman–Crippen MR) is 88.1 cm³/mol. The van der Waals surface area contributed by atoms with Gasteiger partial charge in [0.2, 0.25) is 5.16 Å². The highest BCUT2D eigenvalue weighted by Gasteiger charge is 2.22. The number of benzene rings is 1. The zero-order valence-electron chi connectivity index (χ0n) is 12.7. The summed E-state index contributed by atoms with van der Waals surface area (Å²) in [7, 11) is 1.66. The number of furan rings is 1. The summed E-state index contributed by atoms with van der Waals surface area (Å²) in [6.07, 6.45) is 1.65. The van der Waals surface area contributed by atoms with Crippen molar-refractivity contribution in [2.75, 3.05) is 12.9 Å². The van der Waals surface area contributed by atoms with Gasteiger partial charge in [0.1, 0.15) is 11.5 Å². The van der Waals surface area contributed by atoms with Crippen LogP contribution in [0.4, 0.5) is 0 Å². The molecule has 1 aromatic carbocycles. The molecule has 0 spiro atoms. The molecular formula is C16H14N4O2S. The summed E-state index contributed by atoms with van der Waals surface area (Å²) in [5.41, 5.74) is 2.95. The Morgan fingerprint density at radius 3 is 2.70 bits per heavy atom. The number of thioether (sulfide) groups is 1. The molecule has 0 saturated carbocycles. The molecule has 23 heavy (non-hydrogen) atoms. The molecule has 1 aliphatic rings. The summed E-state index contributed by atoms with van der Waals surface area (Å²) >= 11 is 1.62. The molecule has 2 aromatic heterocycles. The van der Waals surface area contributed by atoms with E-state index in [1.54, 1.807) is 29.8 Å². The van der Waals surface area contributed by atoms with E-state index in [0.717, 1.165) is 39.3 Å². The number of hydrogen-bond acceptors (Lipinski definition) is 6. The summed E-state index contributed by atoms with van der Waals surface area (Å²) < 4.78 is 12.4. The van der Waals surface area contributed by atoms with Gasteiger partial charge in [0, 0.05) is 5.75 Å². The second kappa shape index (κ2) is 5.58. The van der Waals surface area contributed by atoms with Crippen LogP contribution in [0.15, 0.2) is 51.3 Å². The van der Waals surface area contributed by atoms with E-state index in [1.807, 2.05) is 37.3 Å². The minimum atomic E-state index is 0.699. The van der Waals surface area contributed by atoms with Gasteiger partial charge in [-0.05, 0) is 42.8 Å². The minimum absolute atomic E-state index is 0.699. The molecule has 0 bridgehead atoms. The van der Waals surface area contributed by atoms with Gasteiger partial charge in [-0.1, -0.05) is 11.8 Å². The van der Waals surface area contributed by atoms with Crippen LogP contribution in [0.3, 0.4) is 0 Å². The van der Waals surface area contributed by atoms with Gasteiger partial charge in [-0.15, -0.1) is 10.2 Å². The lowest BCUT2D eigenvalue weighted by atomic mass is 10.1. The number of ether oxygens (including phenoxy) is 1. The number of fused-ring (bicyclic) bond motifs is 1. The lowest BCUT2D eigenvalue weighted by Crippen LogP contribution is -2.13. The molecule has 0 aliphatic carbocycles. The van der Waals surface area contributed by atoms with E-state index in [1.165, 1.54) is 0 Å². The van der Waals surface area contributed by atoms with Crippen molar-refractivity contribution in [1.82, 2.24) is 14.9 Å². The highest BCUT2D eigenvalue weighted by molar-refractivity contribution is 7.99. The van der Waals surface area contributed by atoms with Crippen LogP contribution in [0.1, 0.15) is 11.3 Å². The van der Waals surface area contributed by atoms with Crippen LogP contribution in [0, 0.1) is 6.92 Å². The van der Waals surface area contributed by atoms with Gasteiger partial charge >= 0.3 is 0 Å². The number of hydrogen-bond donors (Lipinski definition) is 0. The van der Waals surface area contributed by atoms with Crippen molar-refractivity contribution >= 4 is 17.5 Å². The number of nitrogens with zero attached hydrogens (tertiary/aromatic N) is 4. The van der Waals surface area contributed by atoms with Crippen LogP contribution in [-0.2, 0) is 0 Å². The number of aryl methyl sites for hydroxylation is 1. The fraction of sp³-hybridized carbons (Fsp3) is 0.188. The maximum atomic E-state index is 5.37. The lowest BCUT2D eigenvalue weighted by molar-refractivity contribution is 0.415. The molecule has 4 rings (SSSR count). The van der Waals surface area contributed by atoms with Gasteiger partial charge < -0.3 is 9.15 Å². The first-order valence-corrected chi connectivity index (χ1v) is 8.10. The summed E-state index contributed by atoms with van der Waals surface area (Å²) in [6.45, 7) is 1.90. The topological polar surface area (TPSA) is 65.4 Å². The Kier molecular flexibility index (Phi) is 3.42. The zero-order valence-corrected chi connectivity index (χ0v) is 13.5. The second-order valence-electron chi connectivity index (χ2n) is 5.07. The van der Waals surface area contributed by atoms with Crippen LogP contribution in [-0.4, -0.2) is 33.4 Å². The van der Waals surface area contributed by atoms with Gasteiger partial charge in [0.25, 0.3) is 0 Å². The first-order valence-electron chi connectivity index (χ1n) is 7.11. The van der Waals surface area contributed by atoms with E-state index >= 15 is 0 Å². The largest absolute Gasteiger partial charge is 0.497 e. The highest BCUT2D eigenvalue weighted by atomic mass is 32.2. The average molecular weight is 326 g/mol. The van der Waals surface area contributed by atoms with E-state index in [-0.39, 0.29) is 0 Å². The Balaban J connectivity index is 1.76. The molecule has 0 fully saturated rings. The third kappa shape index (κ3) is 2.43. The van der Waals surface area contributed by atoms with Crippen molar-refractivity contribution in [1.29, 1.82) is 0 Å². The van der Waals surface area contributed by atoms with Crippen LogP contribution in [0.2, 0.25) is 0 Å². The SMILES string of the molecule is COc1ccc(C2=Nn3c(nnc3-c3ccoc3C)SC2)cc1. The molecule has 7 heteroatoms. The van der Waals surface area contributed by atoms with Crippen molar-refractivity contribution in [3.8, 4) is 17.1 Å². The van der Waals surface area contributed by atoms with Crippen LogP contribution in [0.5, 0.6) is 5.75 Å². The van der Waals surface area contributed by atoms with Crippen LogP contribution in [0.25, 0.3) is 11.4 Å². The second-order valence-corrected chi connectivity index (χ2v) is 6.01. The number of methoxy groups -OCH3 is 1. The quantitative estimate of drug-likeness (QED) is 0.739. The van der Waals surface area contributed by atoms with Crippen molar-refractivity contribution in [3.63, 3.8) is 0 Å². The predicted octanol–water partition coefficient (Wildman–Crippen LogP) is 3.21. The summed E-state index contributed by atoms with van der Waals surface area (Å²) in [5.74, 6) is 3.09. The maximum Gasteiger partial charge on any atom is 0.212 e. The van der Waals surface area contributed by atoms with Gasteiger partial charge in [-0.3, -0.25) is 0 Å². The Morgan fingerprint density at radius 1 is 1.17 bits per heavy atom. The smallest absolute Gasteiger partial charge is 0.212 e. The fourth-order valence-electron chi connectivity index (χ4n) is 2.44. The molecule has 6 nitrogen and oxygen atoms in total. The molecular weight excluding hydrogens is 312 g/mol. The van der Waals surface area contributed by atoms with E-state index in [0.29, 0.717) is 5.82 Å². The normalized spacial score (nSPS) is 13.6.